The Morgan fingerprint density at radius 2 is 0.470 bits per heavy atom. The fraction of sp³-hybridized carbons (Fsp3) is 0.926. The van der Waals surface area contributed by atoms with Gasteiger partial charge in [0.15, 0.2) is 0 Å². The summed E-state index contributed by atoms with van der Waals surface area (Å²) in [5.41, 5.74) is 0. The molecule has 0 bridgehead atoms. The standard InChI is InChI=1S/C41H76N2O14S2.C38H73NO15S2.2CH4.H2/c1-2-12-42-40(44)9-4-3-7-14-46-16-18-48-20-22-50-24-26-52-28-30-54-32-34-56-36-37-57-35-33-55-31-29-53-27-25-51-23-21-49-19-17-47-15-13-43-41(45)10-6-5-8-39-11-38-58-59-39;40-37(7-4-3-6-36-9-35-55-56-36)39-10-12-44-14-16-46-18-20-48-22-24-50-26-28-52-30-32-54-34-33-53-31-29-51-27-25-49-23-21-47-19-17-45-15-13-43-11-5-1-2-8-38(41)42;;;/h1,39H,3-38H2,(H,42,44)(H,43,45);36H,1-35H2,(H,39,40)(H,41,42);2*1H4;1H/t39-;36-;;;/m11.../s1. The second kappa shape index (κ2) is 103. The molecule has 2 aliphatic rings. The maximum Gasteiger partial charge on any atom is 0.303 e. The van der Waals surface area contributed by atoms with Crippen molar-refractivity contribution in [2.75, 3.05) is 348 Å². The fourth-order valence-electron chi connectivity index (χ4n) is 9.75. The van der Waals surface area contributed by atoms with Gasteiger partial charge < -0.3 is 135 Å². The molecule has 3 amide bonds. The summed E-state index contributed by atoms with van der Waals surface area (Å²) in [5.74, 6) is 4.37. The maximum atomic E-state index is 11.9. The molecule has 36 heteroatoms. The Labute approximate surface area is 720 Å². The number of amides is 3. The molecule has 696 valence electrons. The Hall–Kier alpha value is -2.12. The highest BCUT2D eigenvalue weighted by Gasteiger charge is 2.17. The lowest BCUT2D eigenvalue weighted by Crippen LogP contribution is -2.27. The van der Waals surface area contributed by atoms with E-state index in [2.05, 4.69) is 21.9 Å². The minimum absolute atomic E-state index is 0. The van der Waals surface area contributed by atoms with E-state index in [1.165, 1.54) is 37.2 Å². The van der Waals surface area contributed by atoms with Crippen LogP contribution in [0.25, 0.3) is 0 Å². The summed E-state index contributed by atoms with van der Waals surface area (Å²) in [7, 11) is 7.93. The average Bonchev–Trinajstić information content (AvgIpc) is 1.88. The summed E-state index contributed by atoms with van der Waals surface area (Å²) in [6.45, 7) is 25.5. The molecule has 4 N–H and O–H groups in total. The molecule has 0 radical (unpaired) electrons. The minimum atomic E-state index is -0.751. The van der Waals surface area contributed by atoms with Crippen LogP contribution in [0.15, 0.2) is 0 Å². The Balaban J connectivity index is -0.00000219. The SMILES string of the molecule is C.C.C#CCNC(=O)CCCCCOCCOCCOCCOCCOCCOCCOCCOCCOCCOCCOCCOCCNC(=O)CCCC[C@@H]1CCSS1.O=C(O)CCCCCOCCOCCOCCOCCOCCOCCOCCOCCOCCOCCOCCOCCNC(=O)CCCC[C@@H]1CCSS1.[HH]. The zero-order valence-corrected chi connectivity index (χ0v) is 72.7. The molecule has 32 nitrogen and oxygen atoms in total. The number of aliphatic carboxylic acids is 1. The van der Waals surface area contributed by atoms with Gasteiger partial charge in [0, 0.05) is 75.4 Å². The highest BCUT2D eigenvalue weighted by molar-refractivity contribution is 8.77. The predicted molar refractivity (Wildman–Crippen MR) is 462 cm³/mol. The number of hydrogen-bond donors (Lipinski definition) is 4. The normalized spacial score (nSPS) is 13.8. The first kappa shape index (κ1) is 117. The molecule has 0 aromatic rings. The molecule has 0 spiro atoms. The van der Waals surface area contributed by atoms with Crippen molar-refractivity contribution in [3.05, 3.63) is 0 Å². The summed E-state index contributed by atoms with van der Waals surface area (Å²) >= 11 is 0. The van der Waals surface area contributed by atoms with E-state index in [9.17, 15) is 19.2 Å². The van der Waals surface area contributed by atoms with Crippen LogP contribution in [0.4, 0.5) is 0 Å². The number of carbonyl (C=O) groups is 4. The van der Waals surface area contributed by atoms with Gasteiger partial charge in [0.1, 0.15) is 0 Å². The third kappa shape index (κ3) is 99.2. The van der Waals surface area contributed by atoms with Crippen molar-refractivity contribution in [2.45, 2.75) is 141 Å². The van der Waals surface area contributed by atoms with Crippen LogP contribution in [0.2, 0.25) is 0 Å². The van der Waals surface area contributed by atoms with Crippen LogP contribution in [0, 0.1) is 12.3 Å². The molecule has 117 heavy (non-hydrogen) atoms. The molecular weight excluding hydrogens is 1610 g/mol. The Bertz CT molecular complexity index is 2070. The van der Waals surface area contributed by atoms with Gasteiger partial charge >= 0.3 is 5.97 Å². The summed E-state index contributed by atoms with van der Waals surface area (Å²) < 4.78 is 132. The Kier molecular flexibility index (Phi) is 103. The highest BCUT2D eigenvalue weighted by Crippen LogP contribution is 2.40. The quantitative estimate of drug-likeness (QED) is 0.0252. The van der Waals surface area contributed by atoms with E-state index >= 15 is 0 Å². The molecule has 0 unspecified atom stereocenters. The molecular formula is C81H159N3O29S4. The second-order valence-electron chi connectivity index (χ2n) is 25.5. The van der Waals surface area contributed by atoms with E-state index < -0.39 is 5.97 Å². The van der Waals surface area contributed by atoms with Gasteiger partial charge in [-0.1, -0.05) is 89.6 Å². The largest absolute Gasteiger partial charge is 0.481 e. The predicted octanol–water partition coefficient (Wildman–Crippen LogP) is 8.50. The van der Waals surface area contributed by atoms with E-state index in [4.69, 9.17) is 125 Å². The van der Waals surface area contributed by atoms with Crippen LogP contribution >= 0.6 is 43.2 Å². The monoisotopic (exact) mass is 1770 g/mol. The van der Waals surface area contributed by atoms with Crippen molar-refractivity contribution >= 4 is 66.9 Å². The number of rotatable bonds is 95. The number of carboxylic acid groups (broad SMARTS) is 1. The van der Waals surface area contributed by atoms with Crippen LogP contribution < -0.4 is 16.0 Å². The fourth-order valence-corrected chi connectivity index (χ4v) is 15.8. The number of unbranched alkanes of at least 4 members (excludes halogenated alkanes) is 6. The molecule has 0 saturated carbocycles. The first-order valence-electron chi connectivity index (χ1n) is 41.8. The lowest BCUT2D eigenvalue weighted by molar-refractivity contribution is -0.137. The van der Waals surface area contributed by atoms with Crippen LogP contribution in [0.5, 0.6) is 0 Å². The summed E-state index contributed by atoms with van der Waals surface area (Å²) in [5, 5.41) is 18.6. The number of carbonyl (C=O) groups excluding carboxylic acids is 3. The molecule has 2 heterocycles. The number of carboxylic acids is 1. The van der Waals surface area contributed by atoms with E-state index in [1.54, 1.807) is 0 Å². The van der Waals surface area contributed by atoms with Crippen molar-refractivity contribution in [1.82, 2.24) is 16.0 Å². The van der Waals surface area contributed by atoms with Crippen molar-refractivity contribution in [2.24, 2.45) is 0 Å². The van der Waals surface area contributed by atoms with Gasteiger partial charge in [-0.2, -0.15) is 0 Å². The van der Waals surface area contributed by atoms with Gasteiger partial charge in [-0.05, 0) is 64.2 Å². The smallest absolute Gasteiger partial charge is 0.303 e. The molecule has 2 fully saturated rings. The van der Waals surface area contributed by atoms with E-state index in [-0.39, 0.29) is 47.0 Å². The molecule has 0 aliphatic carbocycles. The Morgan fingerprint density at radius 3 is 0.675 bits per heavy atom. The molecule has 0 aromatic heterocycles. The summed E-state index contributed by atoms with van der Waals surface area (Å²) in [6.07, 6.45) is 21.3. The number of nitrogens with one attached hydrogen (secondary N) is 3. The maximum absolute atomic E-state index is 11.9. The van der Waals surface area contributed by atoms with Crippen molar-refractivity contribution < 1.29 is 139 Å². The van der Waals surface area contributed by atoms with Crippen molar-refractivity contribution in [3.8, 4) is 12.3 Å². The van der Waals surface area contributed by atoms with Crippen LogP contribution in [0.1, 0.15) is 132 Å². The van der Waals surface area contributed by atoms with Gasteiger partial charge in [0.25, 0.3) is 0 Å². The van der Waals surface area contributed by atoms with Gasteiger partial charge in [0.05, 0.1) is 310 Å². The number of ether oxygens (including phenoxy) is 24. The Morgan fingerprint density at radius 1 is 0.274 bits per heavy atom. The van der Waals surface area contributed by atoms with Gasteiger partial charge in [-0.15, -0.1) is 6.42 Å². The molecule has 2 saturated heterocycles. The van der Waals surface area contributed by atoms with E-state index in [0.29, 0.717) is 356 Å². The van der Waals surface area contributed by atoms with E-state index in [1.807, 2.05) is 43.2 Å². The van der Waals surface area contributed by atoms with Gasteiger partial charge in [-0.3, -0.25) is 19.2 Å². The van der Waals surface area contributed by atoms with Gasteiger partial charge in [0.2, 0.25) is 17.7 Å². The van der Waals surface area contributed by atoms with Crippen LogP contribution in [-0.2, 0) is 133 Å². The van der Waals surface area contributed by atoms with E-state index in [0.717, 1.165) is 68.3 Å². The highest BCUT2D eigenvalue weighted by atomic mass is 33.1. The topological polar surface area (TPSA) is 346 Å². The van der Waals surface area contributed by atoms with Crippen molar-refractivity contribution in [1.29, 1.82) is 0 Å². The first-order chi connectivity index (χ1) is 56.9. The third-order valence-electron chi connectivity index (χ3n) is 15.9. The average molecular weight is 1770 g/mol. The minimum Gasteiger partial charge on any atom is -0.481 e. The summed E-state index contributed by atoms with van der Waals surface area (Å²) in [6, 6.07) is 0. The third-order valence-corrected chi connectivity index (χ3v) is 21.9. The zero-order chi connectivity index (χ0) is 82.3. The molecule has 2 rings (SSSR count). The lowest BCUT2D eigenvalue weighted by Gasteiger charge is -2.09. The molecule has 2 aliphatic heterocycles. The number of hydrogen-bond acceptors (Lipinski definition) is 32. The van der Waals surface area contributed by atoms with Crippen LogP contribution in [0.3, 0.4) is 0 Å². The first-order valence-corrected chi connectivity index (χ1v) is 46.5. The van der Waals surface area contributed by atoms with Crippen molar-refractivity contribution in [3.63, 3.8) is 0 Å². The zero-order valence-electron chi connectivity index (χ0n) is 69.4. The van der Waals surface area contributed by atoms with Crippen LogP contribution in [-0.4, -0.2) is 388 Å². The second-order valence-corrected chi connectivity index (χ2v) is 31.1. The van der Waals surface area contributed by atoms with Gasteiger partial charge in [-0.25, -0.2) is 0 Å². The summed E-state index contributed by atoms with van der Waals surface area (Å²) in [4.78, 5) is 45.6. The lowest BCUT2D eigenvalue weighted by atomic mass is 10.1. The molecule has 2 atom stereocenters. The number of terminal acetylenes is 1. The molecule has 0 aromatic carbocycles.